The molecule has 0 amide bonds. The highest BCUT2D eigenvalue weighted by Gasteiger charge is 2.14. The van der Waals surface area contributed by atoms with E-state index in [1.807, 2.05) is 30.3 Å². The molecule has 0 fully saturated rings. The van der Waals surface area contributed by atoms with Crippen molar-refractivity contribution >= 4 is 32.6 Å². The molecule has 5 rings (SSSR count). The van der Waals surface area contributed by atoms with Crippen LogP contribution in [0.2, 0.25) is 0 Å². The molecule has 0 spiro atoms. The fraction of sp³-hybridized carbons (Fsp3) is 0. The van der Waals surface area contributed by atoms with E-state index in [0.29, 0.717) is 11.4 Å². The van der Waals surface area contributed by atoms with Gasteiger partial charge in [-0.15, -0.1) is 0 Å². The summed E-state index contributed by atoms with van der Waals surface area (Å²) in [5.41, 5.74) is 2.31. The summed E-state index contributed by atoms with van der Waals surface area (Å²) < 4.78 is 14.2. The fourth-order valence-electron chi connectivity index (χ4n) is 3.40. The summed E-state index contributed by atoms with van der Waals surface area (Å²) in [6.45, 7) is 0. The number of aromatic nitrogens is 2. The summed E-state index contributed by atoms with van der Waals surface area (Å²) in [5.74, 6) is 0.287. The maximum absolute atomic E-state index is 14.2. The summed E-state index contributed by atoms with van der Waals surface area (Å²) in [5, 5.41) is 4.50. The third-order valence-electron chi connectivity index (χ3n) is 4.50. The number of hydrogen-bond acceptors (Lipinski definition) is 1. The average molecular weight is 312 g/mol. The Morgan fingerprint density at radius 1 is 0.667 bits per heavy atom. The van der Waals surface area contributed by atoms with Gasteiger partial charge in [-0.25, -0.2) is 9.37 Å². The van der Waals surface area contributed by atoms with Gasteiger partial charge in [-0.2, -0.15) is 0 Å². The molecule has 2 nitrogen and oxygen atoms in total. The van der Waals surface area contributed by atoms with Crippen molar-refractivity contribution in [2.45, 2.75) is 0 Å². The lowest BCUT2D eigenvalue weighted by atomic mass is 10.0. The zero-order chi connectivity index (χ0) is 16.1. The monoisotopic (exact) mass is 312 g/mol. The van der Waals surface area contributed by atoms with Crippen LogP contribution in [0.25, 0.3) is 44.0 Å². The van der Waals surface area contributed by atoms with Crippen LogP contribution in [0, 0.1) is 5.82 Å². The highest BCUT2D eigenvalue weighted by molar-refractivity contribution is 6.23. The van der Waals surface area contributed by atoms with Crippen LogP contribution in [0.4, 0.5) is 4.39 Å². The van der Waals surface area contributed by atoms with Crippen LogP contribution in [0.5, 0.6) is 0 Å². The summed E-state index contributed by atoms with van der Waals surface area (Å²) >= 11 is 0. The minimum absolute atomic E-state index is 0.273. The number of rotatable bonds is 1. The van der Waals surface area contributed by atoms with Crippen molar-refractivity contribution in [3.8, 4) is 11.4 Å². The molecular weight excluding hydrogens is 299 g/mol. The predicted octanol–water partition coefficient (Wildman–Crippen LogP) is 5.68. The highest BCUT2D eigenvalue weighted by atomic mass is 19.1. The minimum Gasteiger partial charge on any atom is -0.337 e. The quantitative estimate of drug-likeness (QED) is 0.397. The lowest BCUT2D eigenvalue weighted by Crippen LogP contribution is -1.84. The molecule has 114 valence electrons. The molecule has 0 saturated heterocycles. The molecule has 3 heteroatoms. The number of nitrogens with zero attached hydrogens (tertiary/aromatic N) is 1. The number of halogens is 1. The van der Waals surface area contributed by atoms with Crippen molar-refractivity contribution in [2.75, 3.05) is 0 Å². The zero-order valence-corrected chi connectivity index (χ0v) is 12.8. The Morgan fingerprint density at radius 3 is 2.00 bits per heavy atom. The Hall–Kier alpha value is -3.20. The largest absolute Gasteiger partial charge is 0.337 e. The van der Waals surface area contributed by atoms with Crippen molar-refractivity contribution in [3.63, 3.8) is 0 Å². The van der Waals surface area contributed by atoms with Crippen molar-refractivity contribution in [3.05, 3.63) is 78.6 Å². The topological polar surface area (TPSA) is 28.7 Å². The smallest absolute Gasteiger partial charge is 0.141 e. The van der Waals surface area contributed by atoms with E-state index in [2.05, 4.69) is 29.2 Å². The second kappa shape index (κ2) is 4.90. The number of nitrogens with one attached hydrogen (secondary N) is 1. The lowest BCUT2D eigenvalue weighted by molar-refractivity contribution is 0.630. The van der Waals surface area contributed by atoms with Gasteiger partial charge in [0, 0.05) is 10.8 Å². The van der Waals surface area contributed by atoms with E-state index in [1.165, 1.54) is 11.5 Å². The summed E-state index contributed by atoms with van der Waals surface area (Å²) in [4.78, 5) is 8.06. The summed E-state index contributed by atoms with van der Waals surface area (Å²) in [6.07, 6.45) is 0. The second-order valence-corrected chi connectivity index (χ2v) is 5.88. The third-order valence-corrected chi connectivity index (χ3v) is 4.50. The predicted molar refractivity (Wildman–Crippen MR) is 96.5 cm³/mol. The van der Waals surface area contributed by atoms with Crippen LogP contribution in [0.1, 0.15) is 0 Å². The molecule has 1 heterocycles. The van der Waals surface area contributed by atoms with Gasteiger partial charge in [0.1, 0.15) is 11.6 Å². The molecule has 24 heavy (non-hydrogen) atoms. The Labute approximate surface area is 137 Å². The van der Waals surface area contributed by atoms with Crippen LogP contribution in [-0.4, -0.2) is 9.97 Å². The van der Waals surface area contributed by atoms with Gasteiger partial charge >= 0.3 is 0 Å². The number of H-pyrrole nitrogens is 1. The van der Waals surface area contributed by atoms with E-state index >= 15 is 0 Å². The van der Waals surface area contributed by atoms with Gasteiger partial charge in [-0.1, -0.05) is 60.7 Å². The van der Waals surface area contributed by atoms with Gasteiger partial charge in [0.25, 0.3) is 0 Å². The van der Waals surface area contributed by atoms with E-state index in [-0.39, 0.29) is 5.82 Å². The first-order valence-electron chi connectivity index (χ1n) is 7.87. The second-order valence-electron chi connectivity index (χ2n) is 5.88. The van der Waals surface area contributed by atoms with Gasteiger partial charge in [-0.3, -0.25) is 0 Å². The Kier molecular flexibility index (Phi) is 2.71. The molecule has 1 N–H and O–H groups in total. The number of fused-ring (bicyclic) bond motifs is 6. The number of benzene rings is 4. The minimum atomic E-state index is -0.273. The van der Waals surface area contributed by atoms with Crippen LogP contribution in [0.3, 0.4) is 0 Å². The maximum Gasteiger partial charge on any atom is 0.141 e. The molecule has 0 saturated carbocycles. The maximum atomic E-state index is 14.2. The molecule has 0 aliphatic rings. The molecule has 1 aromatic heterocycles. The molecule has 0 bridgehead atoms. The first kappa shape index (κ1) is 13.3. The number of aromatic amines is 1. The van der Waals surface area contributed by atoms with Gasteiger partial charge in [0.05, 0.1) is 16.6 Å². The molecule has 0 aliphatic carbocycles. The molecule has 5 aromatic rings. The zero-order valence-electron chi connectivity index (χ0n) is 12.8. The van der Waals surface area contributed by atoms with Gasteiger partial charge < -0.3 is 4.98 Å². The summed E-state index contributed by atoms with van der Waals surface area (Å²) in [6, 6.07) is 23.2. The standard InChI is InChI=1S/C21H13FN2/c22-18-12-6-5-11-17(18)21-23-19-15-9-3-1-7-13(15)14-8-2-4-10-16(14)20(19)24-21/h1-12H,(H,23,24). The average Bonchev–Trinajstić information content (AvgIpc) is 3.08. The normalized spacial score (nSPS) is 11.5. The van der Waals surface area contributed by atoms with Crippen LogP contribution < -0.4 is 0 Å². The van der Waals surface area contributed by atoms with Gasteiger partial charge in [0.2, 0.25) is 0 Å². The first-order chi connectivity index (χ1) is 11.8. The van der Waals surface area contributed by atoms with E-state index in [4.69, 9.17) is 4.98 Å². The SMILES string of the molecule is Fc1ccccc1-c1nc2c3ccccc3c3ccccc3c2[nH]1. The van der Waals surface area contributed by atoms with Crippen molar-refractivity contribution in [2.24, 2.45) is 0 Å². The Morgan fingerprint density at radius 2 is 1.25 bits per heavy atom. The fourth-order valence-corrected chi connectivity index (χ4v) is 3.40. The lowest BCUT2D eigenvalue weighted by Gasteiger charge is -2.05. The Bertz CT molecular complexity index is 1150. The van der Waals surface area contributed by atoms with Gasteiger partial charge in [0.15, 0.2) is 0 Å². The number of imidazole rings is 1. The van der Waals surface area contributed by atoms with Crippen LogP contribution >= 0.6 is 0 Å². The van der Waals surface area contributed by atoms with Crippen LogP contribution in [-0.2, 0) is 0 Å². The van der Waals surface area contributed by atoms with Crippen LogP contribution in [0.15, 0.2) is 72.8 Å². The van der Waals surface area contributed by atoms with E-state index < -0.39 is 0 Å². The highest BCUT2D eigenvalue weighted by Crippen LogP contribution is 2.35. The van der Waals surface area contributed by atoms with Crippen molar-refractivity contribution < 1.29 is 4.39 Å². The number of hydrogen-bond donors (Lipinski definition) is 1. The molecule has 0 unspecified atom stereocenters. The Balaban J connectivity index is 1.98. The summed E-state index contributed by atoms with van der Waals surface area (Å²) in [7, 11) is 0. The van der Waals surface area contributed by atoms with E-state index in [9.17, 15) is 4.39 Å². The third kappa shape index (κ3) is 1.78. The van der Waals surface area contributed by atoms with Crippen molar-refractivity contribution in [1.29, 1.82) is 0 Å². The first-order valence-corrected chi connectivity index (χ1v) is 7.87. The van der Waals surface area contributed by atoms with Gasteiger partial charge in [-0.05, 0) is 22.9 Å². The molecule has 0 aliphatic heterocycles. The molecule has 4 aromatic carbocycles. The van der Waals surface area contributed by atoms with E-state index in [1.54, 1.807) is 12.1 Å². The molecular formula is C21H13FN2. The van der Waals surface area contributed by atoms with Crippen molar-refractivity contribution in [1.82, 2.24) is 9.97 Å². The molecule has 0 radical (unpaired) electrons. The van der Waals surface area contributed by atoms with E-state index in [0.717, 1.165) is 27.2 Å². The molecule has 0 atom stereocenters.